The van der Waals surface area contributed by atoms with Gasteiger partial charge in [-0.05, 0) is 25.7 Å². The predicted octanol–water partition coefficient (Wildman–Crippen LogP) is 1.06. The highest BCUT2D eigenvalue weighted by Crippen LogP contribution is 2.35. The highest BCUT2D eigenvalue weighted by Gasteiger charge is 2.31. The minimum Gasteiger partial charge on any atom is -0.388 e. The Hall–Kier alpha value is -0.610. The Morgan fingerprint density at radius 2 is 2.20 bits per heavy atom. The van der Waals surface area contributed by atoms with E-state index in [0.29, 0.717) is 12.5 Å². The summed E-state index contributed by atoms with van der Waals surface area (Å²) in [5.74, 6) is 1.13. The molecule has 1 fully saturated rings. The maximum absolute atomic E-state index is 7.25. The van der Waals surface area contributed by atoms with Crippen LogP contribution in [0.4, 0.5) is 0 Å². The van der Waals surface area contributed by atoms with Gasteiger partial charge in [-0.2, -0.15) is 0 Å². The lowest BCUT2D eigenvalue weighted by molar-refractivity contribution is 0.119. The lowest BCUT2D eigenvalue weighted by atomic mass is 10.1. The summed E-state index contributed by atoms with van der Waals surface area (Å²) in [6.45, 7) is 4.86. The van der Waals surface area contributed by atoms with E-state index in [1.165, 1.54) is 12.8 Å². The van der Waals surface area contributed by atoms with Gasteiger partial charge in [0, 0.05) is 32.7 Å². The van der Waals surface area contributed by atoms with Gasteiger partial charge >= 0.3 is 0 Å². The molecule has 0 bridgehead atoms. The number of nitrogens with two attached hydrogens (primary N) is 1. The van der Waals surface area contributed by atoms with Gasteiger partial charge in [0.05, 0.1) is 12.4 Å². The van der Waals surface area contributed by atoms with E-state index < -0.39 is 0 Å². The molecule has 0 amide bonds. The molecule has 1 atom stereocenters. The first kappa shape index (κ1) is 12.5. The molecule has 0 aliphatic heterocycles. The Balaban J connectivity index is 2.32. The van der Waals surface area contributed by atoms with Crippen LogP contribution in [0.3, 0.4) is 0 Å². The average molecular weight is 213 g/mol. The fourth-order valence-electron chi connectivity index (χ4n) is 1.87. The van der Waals surface area contributed by atoms with Crippen molar-refractivity contribution in [2.75, 3.05) is 26.8 Å². The first-order valence-corrected chi connectivity index (χ1v) is 5.71. The normalized spacial score (nSPS) is 18.1. The van der Waals surface area contributed by atoms with Crippen molar-refractivity contribution < 1.29 is 4.74 Å². The summed E-state index contributed by atoms with van der Waals surface area (Å²) >= 11 is 0. The van der Waals surface area contributed by atoms with Crippen molar-refractivity contribution in [3.8, 4) is 0 Å². The van der Waals surface area contributed by atoms with Crippen LogP contribution in [-0.4, -0.2) is 43.6 Å². The maximum Gasteiger partial charge on any atom is 0.0918 e. The Kier molecular flexibility index (Phi) is 5.05. The summed E-state index contributed by atoms with van der Waals surface area (Å²) in [6, 6.07) is 0.611. The lowest BCUT2D eigenvalue weighted by Crippen LogP contribution is -2.39. The van der Waals surface area contributed by atoms with Crippen LogP contribution in [0.25, 0.3) is 0 Å². The second kappa shape index (κ2) is 6.08. The molecule has 1 aliphatic carbocycles. The molecule has 3 N–H and O–H groups in total. The van der Waals surface area contributed by atoms with Crippen molar-refractivity contribution in [2.45, 2.75) is 32.2 Å². The number of amidine groups is 1. The predicted molar refractivity (Wildman–Crippen MR) is 62.2 cm³/mol. The van der Waals surface area contributed by atoms with Gasteiger partial charge in [0.25, 0.3) is 0 Å². The van der Waals surface area contributed by atoms with E-state index in [1.807, 2.05) is 0 Å². The quantitative estimate of drug-likeness (QED) is 0.468. The molecular weight excluding hydrogens is 190 g/mol. The van der Waals surface area contributed by atoms with Gasteiger partial charge in [-0.3, -0.25) is 10.3 Å². The van der Waals surface area contributed by atoms with Gasteiger partial charge in [0.15, 0.2) is 0 Å². The second-order valence-corrected chi connectivity index (χ2v) is 4.38. The SMILES string of the molecule is COCCN(CCC(=N)N)C(C)C1CC1. The molecule has 0 saturated heterocycles. The monoisotopic (exact) mass is 213 g/mol. The summed E-state index contributed by atoms with van der Waals surface area (Å²) in [4.78, 5) is 2.39. The van der Waals surface area contributed by atoms with Crippen molar-refractivity contribution in [3.63, 3.8) is 0 Å². The van der Waals surface area contributed by atoms with E-state index in [-0.39, 0.29) is 5.84 Å². The second-order valence-electron chi connectivity index (χ2n) is 4.38. The van der Waals surface area contributed by atoms with Crippen molar-refractivity contribution >= 4 is 5.84 Å². The van der Waals surface area contributed by atoms with Crippen molar-refractivity contribution in [1.29, 1.82) is 5.41 Å². The Morgan fingerprint density at radius 1 is 1.53 bits per heavy atom. The molecule has 0 heterocycles. The van der Waals surface area contributed by atoms with Crippen LogP contribution in [0, 0.1) is 11.3 Å². The van der Waals surface area contributed by atoms with Crippen LogP contribution < -0.4 is 5.73 Å². The molecule has 0 aromatic rings. The van der Waals surface area contributed by atoms with Gasteiger partial charge in [-0.15, -0.1) is 0 Å². The fraction of sp³-hybridized carbons (Fsp3) is 0.909. The molecule has 1 saturated carbocycles. The van der Waals surface area contributed by atoms with Gasteiger partial charge < -0.3 is 10.5 Å². The molecule has 88 valence electrons. The number of hydrogen-bond acceptors (Lipinski definition) is 3. The molecule has 1 aliphatic rings. The zero-order valence-corrected chi connectivity index (χ0v) is 9.83. The minimum atomic E-state index is 0.278. The molecule has 0 aromatic carbocycles. The highest BCUT2D eigenvalue weighted by atomic mass is 16.5. The topological polar surface area (TPSA) is 62.3 Å². The smallest absolute Gasteiger partial charge is 0.0918 e. The fourth-order valence-corrected chi connectivity index (χ4v) is 1.87. The number of methoxy groups -OCH3 is 1. The number of rotatable bonds is 8. The molecule has 4 heteroatoms. The van der Waals surface area contributed by atoms with Crippen LogP contribution >= 0.6 is 0 Å². The third kappa shape index (κ3) is 4.62. The average Bonchev–Trinajstić information content (AvgIpc) is 3.00. The zero-order chi connectivity index (χ0) is 11.3. The van der Waals surface area contributed by atoms with E-state index in [4.69, 9.17) is 15.9 Å². The maximum atomic E-state index is 7.25. The molecule has 1 unspecified atom stereocenters. The first-order chi connectivity index (χ1) is 7.15. The summed E-state index contributed by atoms with van der Waals surface area (Å²) in [5.41, 5.74) is 5.39. The van der Waals surface area contributed by atoms with Crippen LogP contribution in [0.5, 0.6) is 0 Å². The summed E-state index contributed by atoms with van der Waals surface area (Å²) in [6.07, 6.45) is 3.37. The Bertz CT molecular complexity index is 204. The highest BCUT2D eigenvalue weighted by molar-refractivity contribution is 5.76. The number of ether oxygens (including phenoxy) is 1. The third-order valence-corrected chi connectivity index (χ3v) is 3.13. The van der Waals surface area contributed by atoms with Gasteiger partial charge in [0.1, 0.15) is 0 Å². The number of hydrogen-bond donors (Lipinski definition) is 2. The largest absolute Gasteiger partial charge is 0.388 e. The lowest BCUT2D eigenvalue weighted by Gasteiger charge is -2.28. The number of nitrogens with zero attached hydrogens (tertiary/aromatic N) is 1. The zero-order valence-electron chi connectivity index (χ0n) is 9.83. The van der Waals surface area contributed by atoms with Gasteiger partial charge in [-0.1, -0.05) is 0 Å². The van der Waals surface area contributed by atoms with Crippen LogP contribution in [-0.2, 0) is 4.74 Å². The van der Waals surface area contributed by atoms with E-state index in [1.54, 1.807) is 7.11 Å². The molecule has 0 aromatic heterocycles. The van der Waals surface area contributed by atoms with E-state index in [0.717, 1.165) is 25.6 Å². The third-order valence-electron chi connectivity index (χ3n) is 3.13. The van der Waals surface area contributed by atoms with Crippen molar-refractivity contribution in [2.24, 2.45) is 11.7 Å². The molecular formula is C11H23N3O. The molecule has 0 spiro atoms. The van der Waals surface area contributed by atoms with Gasteiger partial charge in [0.2, 0.25) is 0 Å². The Morgan fingerprint density at radius 3 is 2.67 bits per heavy atom. The standard InChI is InChI=1S/C11H23N3O/c1-9(10-3-4-10)14(7-8-15-2)6-5-11(12)13/h9-10H,3-8H2,1-2H3,(H3,12,13). The van der Waals surface area contributed by atoms with E-state index >= 15 is 0 Å². The van der Waals surface area contributed by atoms with E-state index in [9.17, 15) is 0 Å². The van der Waals surface area contributed by atoms with Gasteiger partial charge in [-0.25, -0.2) is 0 Å². The van der Waals surface area contributed by atoms with Crippen LogP contribution in [0.1, 0.15) is 26.2 Å². The summed E-state index contributed by atoms with van der Waals surface area (Å²) < 4.78 is 5.10. The molecule has 15 heavy (non-hydrogen) atoms. The summed E-state index contributed by atoms with van der Waals surface area (Å²) in [7, 11) is 1.73. The number of nitrogens with one attached hydrogen (secondary N) is 1. The Labute approximate surface area is 92.3 Å². The molecule has 4 nitrogen and oxygen atoms in total. The van der Waals surface area contributed by atoms with Crippen LogP contribution in [0.2, 0.25) is 0 Å². The first-order valence-electron chi connectivity index (χ1n) is 5.71. The van der Waals surface area contributed by atoms with Crippen molar-refractivity contribution in [3.05, 3.63) is 0 Å². The molecule has 0 radical (unpaired) electrons. The molecule has 1 rings (SSSR count). The van der Waals surface area contributed by atoms with Crippen molar-refractivity contribution in [1.82, 2.24) is 4.90 Å². The minimum absolute atomic E-state index is 0.278. The summed E-state index contributed by atoms with van der Waals surface area (Å²) in [5, 5.41) is 7.25. The van der Waals surface area contributed by atoms with E-state index in [2.05, 4.69) is 11.8 Å². The van der Waals surface area contributed by atoms with Crippen LogP contribution in [0.15, 0.2) is 0 Å².